The van der Waals surface area contributed by atoms with Crippen LogP contribution in [0.1, 0.15) is 16.1 Å². The zero-order valence-corrected chi connectivity index (χ0v) is 15.3. The molecule has 29 heavy (non-hydrogen) atoms. The van der Waals surface area contributed by atoms with Crippen molar-refractivity contribution in [1.82, 2.24) is 10.3 Å². The number of carbonyl (C=O) groups excluding carboxylic acids is 2. The van der Waals surface area contributed by atoms with Gasteiger partial charge in [0.25, 0.3) is 11.8 Å². The first-order valence-electron chi connectivity index (χ1n) is 8.97. The Morgan fingerprint density at radius 3 is 2.52 bits per heavy atom. The van der Waals surface area contributed by atoms with Crippen LogP contribution in [0.3, 0.4) is 0 Å². The molecule has 2 heterocycles. The molecule has 4 rings (SSSR count). The molecule has 0 saturated carbocycles. The Kier molecular flexibility index (Phi) is 5.16. The van der Waals surface area contributed by atoms with Gasteiger partial charge in [-0.1, -0.05) is 36.4 Å². The highest BCUT2D eigenvalue weighted by atomic mass is 16.3. The van der Waals surface area contributed by atoms with Gasteiger partial charge >= 0.3 is 0 Å². The second kappa shape index (κ2) is 8.22. The zero-order valence-electron chi connectivity index (χ0n) is 15.3. The van der Waals surface area contributed by atoms with Crippen LogP contribution in [0, 0.1) is 0 Å². The van der Waals surface area contributed by atoms with E-state index in [1.165, 1.54) is 12.3 Å². The summed E-state index contributed by atoms with van der Waals surface area (Å²) < 4.78 is 5.29. The number of hydrogen-bond acceptors (Lipinski definition) is 4. The number of nitrogens with zero attached hydrogens (tertiary/aromatic N) is 1. The molecule has 2 aromatic heterocycles. The number of aromatic nitrogens is 1. The maximum absolute atomic E-state index is 12.9. The van der Waals surface area contributed by atoms with Gasteiger partial charge in [0.1, 0.15) is 11.5 Å². The van der Waals surface area contributed by atoms with Gasteiger partial charge in [0, 0.05) is 17.0 Å². The van der Waals surface area contributed by atoms with Gasteiger partial charge in [-0.05, 0) is 36.4 Å². The summed E-state index contributed by atoms with van der Waals surface area (Å²) in [6.07, 6.45) is 4.54. The molecule has 2 aromatic carbocycles. The van der Waals surface area contributed by atoms with Crippen LogP contribution in [-0.2, 0) is 4.79 Å². The first-order chi connectivity index (χ1) is 14.2. The van der Waals surface area contributed by atoms with Crippen LogP contribution in [0.5, 0.6) is 0 Å². The molecule has 0 aliphatic heterocycles. The van der Waals surface area contributed by atoms with Crippen LogP contribution >= 0.6 is 0 Å². The van der Waals surface area contributed by atoms with E-state index in [0.29, 0.717) is 17.0 Å². The van der Waals surface area contributed by atoms with Crippen molar-refractivity contribution >= 4 is 34.5 Å². The number of fused-ring (bicyclic) bond motifs is 1. The molecule has 4 aromatic rings. The Hall–Kier alpha value is -4.19. The number of para-hydroxylation sites is 1. The summed E-state index contributed by atoms with van der Waals surface area (Å²) in [7, 11) is 0. The Bertz CT molecular complexity index is 1180. The summed E-state index contributed by atoms with van der Waals surface area (Å²) >= 11 is 0. The second-order valence-corrected chi connectivity index (χ2v) is 6.26. The van der Waals surface area contributed by atoms with Gasteiger partial charge < -0.3 is 15.1 Å². The van der Waals surface area contributed by atoms with Crippen LogP contribution in [0.2, 0.25) is 0 Å². The van der Waals surface area contributed by atoms with Crippen LogP contribution in [0.4, 0.5) is 5.69 Å². The molecule has 2 N–H and O–H groups in total. The first kappa shape index (κ1) is 18.2. The van der Waals surface area contributed by atoms with E-state index in [0.717, 1.165) is 10.9 Å². The molecule has 0 atom stereocenters. The standard InChI is InChI=1S/C23H17N3O3/c27-22(16-7-2-1-3-8-16)26-21(14-19-10-6-12-29-19)23(28)25-18-13-17-9-4-5-11-20(17)24-15-18/h1-15H,(H,25,28)(H,26,27)/b21-14-. The Morgan fingerprint density at radius 2 is 1.72 bits per heavy atom. The number of carbonyl (C=O) groups is 2. The van der Waals surface area contributed by atoms with Gasteiger partial charge in [-0.15, -0.1) is 0 Å². The number of nitrogens with one attached hydrogen (secondary N) is 2. The van der Waals surface area contributed by atoms with E-state index in [1.807, 2.05) is 36.4 Å². The van der Waals surface area contributed by atoms with Crippen molar-refractivity contribution in [3.05, 3.63) is 102 Å². The highest BCUT2D eigenvalue weighted by Crippen LogP contribution is 2.17. The molecule has 0 radical (unpaired) electrons. The topological polar surface area (TPSA) is 84.2 Å². The first-order valence-corrected chi connectivity index (χ1v) is 8.97. The Balaban J connectivity index is 1.59. The molecule has 2 amide bonds. The minimum atomic E-state index is -0.484. The number of hydrogen-bond donors (Lipinski definition) is 2. The van der Waals surface area contributed by atoms with Crippen LogP contribution in [0.15, 0.2) is 95.4 Å². The lowest BCUT2D eigenvalue weighted by Gasteiger charge is -2.11. The summed E-state index contributed by atoms with van der Waals surface area (Å²) in [6, 6.07) is 21.5. The van der Waals surface area contributed by atoms with Crippen molar-refractivity contribution in [3.63, 3.8) is 0 Å². The summed E-state index contributed by atoms with van der Waals surface area (Å²) in [5, 5.41) is 6.33. The number of benzene rings is 2. The molecule has 0 saturated heterocycles. The molecule has 6 heteroatoms. The van der Waals surface area contributed by atoms with E-state index >= 15 is 0 Å². The smallest absolute Gasteiger partial charge is 0.272 e. The number of furan rings is 1. The largest absolute Gasteiger partial charge is 0.465 e. The monoisotopic (exact) mass is 383 g/mol. The molecule has 0 aliphatic rings. The summed E-state index contributed by atoms with van der Waals surface area (Å²) in [5.74, 6) is -0.432. The van der Waals surface area contributed by atoms with Crippen molar-refractivity contribution in [2.75, 3.05) is 5.32 Å². The van der Waals surface area contributed by atoms with Gasteiger partial charge in [0.15, 0.2) is 0 Å². The van der Waals surface area contributed by atoms with E-state index in [4.69, 9.17) is 4.42 Å². The van der Waals surface area contributed by atoms with E-state index < -0.39 is 11.8 Å². The quantitative estimate of drug-likeness (QED) is 0.505. The molecule has 0 spiro atoms. The molecule has 0 bridgehead atoms. The molecule has 0 fully saturated rings. The van der Waals surface area contributed by atoms with Crippen LogP contribution < -0.4 is 10.6 Å². The Labute approximate surface area is 166 Å². The lowest BCUT2D eigenvalue weighted by molar-refractivity contribution is -0.113. The fraction of sp³-hybridized carbons (Fsp3) is 0. The third-order valence-corrected chi connectivity index (χ3v) is 4.21. The minimum Gasteiger partial charge on any atom is -0.465 e. The Morgan fingerprint density at radius 1 is 0.931 bits per heavy atom. The predicted molar refractivity (Wildman–Crippen MR) is 111 cm³/mol. The van der Waals surface area contributed by atoms with Crippen molar-refractivity contribution in [2.45, 2.75) is 0 Å². The summed E-state index contributed by atoms with van der Waals surface area (Å²) in [4.78, 5) is 29.8. The second-order valence-electron chi connectivity index (χ2n) is 6.26. The number of anilines is 1. The average molecular weight is 383 g/mol. The van der Waals surface area contributed by atoms with E-state index in [1.54, 1.807) is 42.6 Å². The molecular formula is C23H17N3O3. The van der Waals surface area contributed by atoms with Gasteiger partial charge in [0.2, 0.25) is 0 Å². The van der Waals surface area contributed by atoms with Crippen molar-refractivity contribution in [1.29, 1.82) is 0 Å². The molecular weight excluding hydrogens is 366 g/mol. The van der Waals surface area contributed by atoms with Gasteiger partial charge in [-0.3, -0.25) is 14.6 Å². The SMILES string of the molecule is O=C(Nc1cnc2ccccc2c1)/C(=C/c1ccco1)NC(=O)c1ccccc1. The third kappa shape index (κ3) is 4.39. The van der Waals surface area contributed by atoms with Crippen molar-refractivity contribution in [3.8, 4) is 0 Å². The van der Waals surface area contributed by atoms with Crippen LogP contribution in [-0.4, -0.2) is 16.8 Å². The highest BCUT2D eigenvalue weighted by Gasteiger charge is 2.16. The number of pyridine rings is 1. The van der Waals surface area contributed by atoms with Crippen molar-refractivity contribution < 1.29 is 14.0 Å². The van der Waals surface area contributed by atoms with Gasteiger partial charge in [-0.2, -0.15) is 0 Å². The number of amides is 2. The molecule has 6 nitrogen and oxygen atoms in total. The van der Waals surface area contributed by atoms with E-state index in [-0.39, 0.29) is 5.70 Å². The normalized spacial score (nSPS) is 11.2. The lowest BCUT2D eigenvalue weighted by Crippen LogP contribution is -2.30. The lowest BCUT2D eigenvalue weighted by atomic mass is 10.2. The van der Waals surface area contributed by atoms with Crippen LogP contribution in [0.25, 0.3) is 17.0 Å². The molecule has 0 aliphatic carbocycles. The average Bonchev–Trinajstić information content (AvgIpc) is 3.27. The fourth-order valence-electron chi connectivity index (χ4n) is 2.80. The van der Waals surface area contributed by atoms with E-state index in [2.05, 4.69) is 15.6 Å². The highest BCUT2D eigenvalue weighted by molar-refractivity contribution is 6.10. The fourth-order valence-corrected chi connectivity index (χ4v) is 2.80. The predicted octanol–water partition coefficient (Wildman–Crippen LogP) is 4.24. The minimum absolute atomic E-state index is 0.0574. The maximum Gasteiger partial charge on any atom is 0.272 e. The molecule has 142 valence electrons. The van der Waals surface area contributed by atoms with Crippen molar-refractivity contribution in [2.24, 2.45) is 0 Å². The van der Waals surface area contributed by atoms with Gasteiger partial charge in [0.05, 0.1) is 23.7 Å². The zero-order chi connectivity index (χ0) is 20.1. The molecule has 0 unspecified atom stereocenters. The maximum atomic E-state index is 12.9. The summed E-state index contributed by atoms with van der Waals surface area (Å²) in [5.41, 5.74) is 1.85. The third-order valence-electron chi connectivity index (χ3n) is 4.21. The summed E-state index contributed by atoms with van der Waals surface area (Å²) in [6.45, 7) is 0. The van der Waals surface area contributed by atoms with Gasteiger partial charge in [-0.25, -0.2) is 0 Å². The number of rotatable bonds is 5. The van der Waals surface area contributed by atoms with E-state index in [9.17, 15) is 9.59 Å².